The fourth-order valence-corrected chi connectivity index (χ4v) is 12.9. The molecule has 0 saturated carbocycles. The van der Waals surface area contributed by atoms with Crippen LogP contribution in [0, 0.1) is 5.41 Å². The van der Waals surface area contributed by atoms with Crippen LogP contribution in [0.25, 0.3) is 32.7 Å². The molecule has 53 heavy (non-hydrogen) atoms. The van der Waals surface area contributed by atoms with Crippen molar-refractivity contribution in [2.75, 3.05) is 6.61 Å². The highest BCUT2D eigenvalue weighted by Crippen LogP contribution is 2.44. The van der Waals surface area contributed by atoms with Crippen molar-refractivity contribution in [1.82, 2.24) is 18.9 Å². The molecule has 0 fully saturated rings. The number of pyridine rings is 1. The molecular formula is C42H47F3N4O2SSi. The van der Waals surface area contributed by atoms with Gasteiger partial charge in [0.2, 0.25) is 0 Å². The van der Waals surface area contributed by atoms with E-state index in [-0.39, 0.29) is 17.6 Å². The van der Waals surface area contributed by atoms with E-state index in [1.165, 1.54) is 4.57 Å². The first kappa shape index (κ1) is 38.6. The Bertz CT molecular complexity index is 2130. The van der Waals surface area contributed by atoms with E-state index in [1.807, 2.05) is 38.1 Å². The average Bonchev–Trinajstić information content (AvgIpc) is 3.70. The number of hydrogen-bond acceptors (Lipinski definition) is 6. The molecule has 0 atom stereocenters. The lowest BCUT2D eigenvalue weighted by molar-refractivity contribution is -0.139. The van der Waals surface area contributed by atoms with Crippen LogP contribution in [0.5, 0.6) is 0 Å². The first-order valence-electron chi connectivity index (χ1n) is 17.9. The van der Waals surface area contributed by atoms with E-state index in [4.69, 9.17) is 4.43 Å². The predicted octanol–water partition coefficient (Wildman–Crippen LogP) is 9.55. The molecule has 1 N–H and O–H groups in total. The largest absolute Gasteiger partial charge is 0.407 e. The SMILES string of the molecule is CC(C)c1ncccc1-c1c(CC(C)(C)CO[Si](c2ccccc2)(c2ccccc2)C(C)(C)C)c2cc(-c3nc(CO)ns3)ccc2n1CC(F)(F)F. The third kappa shape index (κ3) is 7.89. The van der Waals surface area contributed by atoms with Crippen LogP contribution in [-0.4, -0.2) is 45.1 Å². The van der Waals surface area contributed by atoms with Gasteiger partial charge in [-0.05, 0) is 80.6 Å². The van der Waals surface area contributed by atoms with Crippen LogP contribution in [-0.2, 0) is 24.0 Å². The number of hydrogen-bond donors (Lipinski definition) is 1. The van der Waals surface area contributed by atoms with Gasteiger partial charge < -0.3 is 14.1 Å². The van der Waals surface area contributed by atoms with E-state index in [9.17, 15) is 18.3 Å². The minimum atomic E-state index is -4.48. The van der Waals surface area contributed by atoms with Crippen molar-refractivity contribution < 1.29 is 22.7 Å². The molecule has 0 radical (unpaired) electrons. The number of aliphatic hydroxyl groups excluding tert-OH is 1. The first-order chi connectivity index (χ1) is 25.0. The number of halogens is 3. The molecule has 0 aliphatic heterocycles. The molecule has 0 bridgehead atoms. The van der Waals surface area contributed by atoms with E-state index in [0.29, 0.717) is 46.0 Å². The summed E-state index contributed by atoms with van der Waals surface area (Å²) < 4.78 is 56.7. The Labute approximate surface area is 315 Å². The number of nitrogens with zero attached hydrogens (tertiary/aromatic N) is 4. The van der Waals surface area contributed by atoms with Crippen LogP contribution in [0.3, 0.4) is 0 Å². The van der Waals surface area contributed by atoms with Crippen LogP contribution >= 0.6 is 11.5 Å². The maximum absolute atomic E-state index is 14.6. The van der Waals surface area contributed by atoms with E-state index in [2.05, 4.69) is 97.5 Å². The lowest BCUT2D eigenvalue weighted by atomic mass is 9.84. The topological polar surface area (TPSA) is 73.1 Å². The minimum Gasteiger partial charge on any atom is -0.407 e. The van der Waals surface area contributed by atoms with Gasteiger partial charge in [0, 0.05) is 34.8 Å². The lowest BCUT2D eigenvalue weighted by Crippen LogP contribution is -2.67. The van der Waals surface area contributed by atoms with Gasteiger partial charge in [0.1, 0.15) is 18.2 Å². The number of aromatic nitrogens is 4. The standard InChI is InChI=1S/C42H47F3N4O2SSi/c1-28(2)37-32(19-14-22-46-37)38-34(33-23-29(39-47-36(25-50)48-52-39)20-21-35(33)49(38)26-42(43,44)45)24-41(6,7)27-51-53(40(3,4)5,30-15-10-8-11-16-30)31-17-12-9-13-18-31/h8-23,28,50H,24-27H2,1-7H3. The zero-order valence-electron chi connectivity index (χ0n) is 31.3. The second kappa shape index (κ2) is 14.9. The number of alkyl halides is 3. The van der Waals surface area contributed by atoms with Crippen LogP contribution in [0.1, 0.15) is 71.5 Å². The molecule has 3 heterocycles. The average molecular weight is 757 g/mol. The fraction of sp³-hybridized carbons (Fsp3) is 0.357. The van der Waals surface area contributed by atoms with E-state index < -0.39 is 26.5 Å². The second-order valence-electron chi connectivity index (χ2n) is 15.8. The van der Waals surface area contributed by atoms with Gasteiger partial charge in [-0.1, -0.05) is 109 Å². The Balaban J connectivity index is 1.55. The molecule has 3 aromatic carbocycles. The number of fused-ring (bicyclic) bond motifs is 1. The smallest absolute Gasteiger partial charge is 0.406 e. The number of rotatable bonds is 12. The Morgan fingerprint density at radius 1 is 0.868 bits per heavy atom. The molecule has 11 heteroatoms. The number of aliphatic hydroxyl groups is 1. The van der Waals surface area contributed by atoms with Crippen molar-refractivity contribution in [2.24, 2.45) is 5.41 Å². The van der Waals surface area contributed by atoms with Crippen LogP contribution in [0.15, 0.2) is 97.2 Å². The Morgan fingerprint density at radius 2 is 1.51 bits per heavy atom. The third-order valence-electron chi connectivity index (χ3n) is 9.75. The van der Waals surface area contributed by atoms with E-state index in [1.54, 1.807) is 24.4 Å². The quantitative estimate of drug-likeness (QED) is 0.126. The van der Waals surface area contributed by atoms with Crippen LogP contribution in [0.2, 0.25) is 5.04 Å². The van der Waals surface area contributed by atoms with Crippen molar-refractivity contribution in [3.05, 3.63) is 114 Å². The van der Waals surface area contributed by atoms with Gasteiger partial charge in [-0.25, -0.2) is 4.98 Å². The van der Waals surface area contributed by atoms with Crippen molar-refractivity contribution >= 4 is 41.1 Å². The van der Waals surface area contributed by atoms with Crippen molar-refractivity contribution in [1.29, 1.82) is 0 Å². The minimum absolute atomic E-state index is 0.0308. The summed E-state index contributed by atoms with van der Waals surface area (Å²) in [5.41, 5.74) is 3.40. The van der Waals surface area contributed by atoms with Crippen molar-refractivity contribution in [2.45, 2.75) is 85.2 Å². The molecule has 278 valence electrons. The van der Waals surface area contributed by atoms with Crippen molar-refractivity contribution in [3.8, 4) is 21.8 Å². The molecule has 0 amide bonds. The molecule has 0 aliphatic rings. The Morgan fingerprint density at radius 3 is 2.06 bits per heavy atom. The molecule has 6 rings (SSSR count). The van der Waals surface area contributed by atoms with Gasteiger partial charge in [0.05, 0.1) is 11.4 Å². The van der Waals surface area contributed by atoms with E-state index >= 15 is 0 Å². The normalized spacial score (nSPS) is 13.0. The molecule has 0 saturated heterocycles. The molecule has 0 unspecified atom stereocenters. The molecule has 3 aromatic heterocycles. The van der Waals surface area contributed by atoms with Gasteiger partial charge in [-0.2, -0.15) is 17.5 Å². The third-order valence-corrected chi connectivity index (χ3v) is 15.5. The molecule has 6 aromatic rings. The first-order valence-corrected chi connectivity index (χ1v) is 20.6. The van der Waals surface area contributed by atoms with Crippen LogP contribution < -0.4 is 10.4 Å². The van der Waals surface area contributed by atoms with Gasteiger partial charge in [-0.3, -0.25) is 4.98 Å². The molecular weight excluding hydrogens is 710 g/mol. The summed E-state index contributed by atoms with van der Waals surface area (Å²) in [6.45, 7) is 13.9. The highest BCUT2D eigenvalue weighted by molar-refractivity contribution is 7.09. The summed E-state index contributed by atoms with van der Waals surface area (Å²) in [5.74, 6) is 0.274. The summed E-state index contributed by atoms with van der Waals surface area (Å²) in [6.07, 6.45) is -2.35. The summed E-state index contributed by atoms with van der Waals surface area (Å²) in [5, 5.41) is 13.0. The predicted molar refractivity (Wildman–Crippen MR) is 211 cm³/mol. The number of benzene rings is 3. The van der Waals surface area contributed by atoms with Gasteiger partial charge in [0.25, 0.3) is 8.32 Å². The van der Waals surface area contributed by atoms with Gasteiger partial charge in [-0.15, -0.1) is 0 Å². The van der Waals surface area contributed by atoms with Gasteiger partial charge >= 0.3 is 6.18 Å². The maximum atomic E-state index is 14.6. The molecule has 0 aliphatic carbocycles. The highest BCUT2D eigenvalue weighted by atomic mass is 32.1. The highest BCUT2D eigenvalue weighted by Gasteiger charge is 2.51. The summed E-state index contributed by atoms with van der Waals surface area (Å²) in [6, 6.07) is 30.0. The summed E-state index contributed by atoms with van der Waals surface area (Å²) >= 11 is 1.15. The summed E-state index contributed by atoms with van der Waals surface area (Å²) in [7, 11) is -2.91. The van der Waals surface area contributed by atoms with Gasteiger partial charge in [0.15, 0.2) is 5.82 Å². The maximum Gasteiger partial charge on any atom is 0.406 e. The zero-order valence-corrected chi connectivity index (χ0v) is 33.1. The molecule has 6 nitrogen and oxygen atoms in total. The summed E-state index contributed by atoms with van der Waals surface area (Å²) in [4.78, 5) is 9.16. The lowest BCUT2D eigenvalue weighted by Gasteiger charge is -2.44. The van der Waals surface area contributed by atoms with Crippen LogP contribution in [0.4, 0.5) is 13.2 Å². The monoisotopic (exact) mass is 756 g/mol. The zero-order chi connectivity index (χ0) is 38.2. The van der Waals surface area contributed by atoms with Crippen molar-refractivity contribution in [3.63, 3.8) is 0 Å². The fourth-order valence-electron chi connectivity index (χ4n) is 7.50. The Hall–Kier alpha value is -4.16. The second-order valence-corrected chi connectivity index (χ2v) is 20.9. The van der Waals surface area contributed by atoms with E-state index in [0.717, 1.165) is 38.7 Å². The molecule has 0 spiro atoms. The Kier molecular flexibility index (Phi) is 10.9.